The lowest BCUT2D eigenvalue weighted by Gasteiger charge is -2.33. The fourth-order valence-corrected chi connectivity index (χ4v) is 3.77. The summed E-state index contributed by atoms with van der Waals surface area (Å²) in [6.07, 6.45) is 3.14. The molecule has 1 N–H and O–H groups in total. The number of hydrogen-bond donors (Lipinski definition) is 1. The molecule has 4 nitrogen and oxygen atoms in total. The third-order valence-electron chi connectivity index (χ3n) is 4.96. The Hall–Kier alpha value is -2.04. The molecule has 2 aromatic carbocycles. The van der Waals surface area contributed by atoms with Crippen molar-refractivity contribution in [3.8, 4) is 0 Å². The van der Waals surface area contributed by atoms with Crippen LogP contribution >= 0.6 is 23.2 Å². The summed E-state index contributed by atoms with van der Waals surface area (Å²) in [5.74, 6) is 0.134. The maximum atomic E-state index is 12.4. The Morgan fingerprint density at radius 1 is 1.11 bits per heavy atom. The van der Waals surface area contributed by atoms with Crippen molar-refractivity contribution in [3.05, 3.63) is 63.6 Å². The zero-order valence-corrected chi connectivity index (χ0v) is 16.5. The van der Waals surface area contributed by atoms with Crippen LogP contribution in [0, 0.1) is 5.92 Å². The van der Waals surface area contributed by atoms with Crippen molar-refractivity contribution in [1.82, 2.24) is 5.32 Å². The fraction of sp³-hybridized carbons (Fsp3) is 0.333. The molecule has 0 aliphatic carbocycles. The highest BCUT2D eigenvalue weighted by Crippen LogP contribution is 2.24. The average Bonchev–Trinajstić information content (AvgIpc) is 2.70. The summed E-state index contributed by atoms with van der Waals surface area (Å²) >= 11 is 12.2. The summed E-state index contributed by atoms with van der Waals surface area (Å²) in [6.45, 7) is 2.21. The monoisotopic (exact) mass is 404 g/mol. The minimum absolute atomic E-state index is 0.0327. The lowest BCUT2D eigenvalue weighted by molar-refractivity contribution is -0.125. The van der Waals surface area contributed by atoms with Gasteiger partial charge in [-0.05, 0) is 67.3 Å². The van der Waals surface area contributed by atoms with Gasteiger partial charge in [-0.3, -0.25) is 9.59 Å². The van der Waals surface area contributed by atoms with E-state index in [1.165, 1.54) is 0 Å². The second-order valence-electron chi connectivity index (χ2n) is 6.75. The van der Waals surface area contributed by atoms with Crippen LogP contribution in [-0.4, -0.2) is 31.8 Å². The molecule has 1 aliphatic rings. The number of carbonyl (C=O) groups is 2. The molecule has 0 radical (unpaired) electrons. The van der Waals surface area contributed by atoms with E-state index in [-0.39, 0.29) is 11.8 Å². The Morgan fingerprint density at radius 2 is 1.81 bits per heavy atom. The number of rotatable bonds is 6. The van der Waals surface area contributed by atoms with Crippen LogP contribution in [0.25, 0.3) is 0 Å². The van der Waals surface area contributed by atoms with Crippen LogP contribution in [-0.2, 0) is 11.2 Å². The summed E-state index contributed by atoms with van der Waals surface area (Å²) in [5, 5.41) is 4.34. The molecule has 0 saturated carbocycles. The van der Waals surface area contributed by atoms with Gasteiger partial charge in [-0.1, -0.05) is 23.2 Å². The first-order chi connectivity index (χ1) is 13.1. The quantitative estimate of drug-likeness (QED) is 0.726. The Labute approximate surface area is 169 Å². The number of hydrogen-bond acceptors (Lipinski definition) is 3. The lowest BCUT2D eigenvalue weighted by Crippen LogP contribution is -2.41. The number of anilines is 1. The van der Waals surface area contributed by atoms with Gasteiger partial charge in [-0.2, -0.15) is 0 Å². The van der Waals surface area contributed by atoms with Crippen molar-refractivity contribution in [2.45, 2.75) is 19.3 Å². The SMILES string of the molecule is O=Cc1ccc(N2CCC(C(=O)NCCc3cc(Cl)ccc3Cl)CC2)cc1. The minimum atomic E-state index is 0.0327. The van der Waals surface area contributed by atoms with Gasteiger partial charge in [0.05, 0.1) is 0 Å². The van der Waals surface area contributed by atoms with Crippen LogP contribution < -0.4 is 10.2 Å². The molecule has 1 amide bonds. The third-order valence-corrected chi connectivity index (χ3v) is 5.57. The van der Waals surface area contributed by atoms with Gasteiger partial charge in [0, 0.05) is 46.8 Å². The third kappa shape index (κ3) is 5.24. The number of piperidine rings is 1. The van der Waals surface area contributed by atoms with Gasteiger partial charge in [-0.25, -0.2) is 0 Å². The van der Waals surface area contributed by atoms with Crippen molar-refractivity contribution in [3.63, 3.8) is 0 Å². The first-order valence-electron chi connectivity index (χ1n) is 9.08. The predicted molar refractivity (Wildman–Crippen MR) is 110 cm³/mol. The number of amides is 1. The summed E-state index contributed by atoms with van der Waals surface area (Å²) in [5.41, 5.74) is 2.71. The van der Waals surface area contributed by atoms with E-state index in [4.69, 9.17) is 23.2 Å². The fourth-order valence-electron chi connectivity index (χ4n) is 3.36. The van der Waals surface area contributed by atoms with Crippen LogP contribution in [0.1, 0.15) is 28.8 Å². The lowest BCUT2D eigenvalue weighted by atomic mass is 9.95. The van der Waals surface area contributed by atoms with Gasteiger partial charge in [0.25, 0.3) is 0 Å². The van der Waals surface area contributed by atoms with Crippen LogP contribution in [0.4, 0.5) is 5.69 Å². The van der Waals surface area contributed by atoms with Crippen molar-refractivity contribution < 1.29 is 9.59 Å². The zero-order chi connectivity index (χ0) is 19.2. The standard InChI is InChI=1S/C21H22Cl2N2O2/c22-18-3-6-20(23)17(13-18)7-10-24-21(27)16-8-11-25(12-9-16)19-4-1-15(14-26)2-5-19/h1-6,13-14,16H,7-12H2,(H,24,27). The van der Waals surface area contributed by atoms with E-state index < -0.39 is 0 Å². The van der Waals surface area contributed by atoms with Gasteiger partial charge in [-0.15, -0.1) is 0 Å². The van der Waals surface area contributed by atoms with E-state index in [2.05, 4.69) is 10.2 Å². The second-order valence-corrected chi connectivity index (χ2v) is 7.59. The van der Waals surface area contributed by atoms with Crippen LogP contribution in [0.5, 0.6) is 0 Å². The van der Waals surface area contributed by atoms with E-state index >= 15 is 0 Å². The molecule has 0 aromatic heterocycles. The number of nitrogens with one attached hydrogen (secondary N) is 1. The molecule has 0 unspecified atom stereocenters. The maximum Gasteiger partial charge on any atom is 0.223 e. The number of nitrogens with zero attached hydrogens (tertiary/aromatic N) is 1. The van der Waals surface area contributed by atoms with Gasteiger partial charge >= 0.3 is 0 Å². The average molecular weight is 405 g/mol. The Bertz CT molecular complexity index is 800. The van der Waals surface area contributed by atoms with E-state index in [0.29, 0.717) is 28.6 Å². The Kier molecular flexibility index (Phi) is 6.75. The molecular weight excluding hydrogens is 383 g/mol. The predicted octanol–water partition coefficient (Wildman–Crippen LogP) is 4.38. The van der Waals surface area contributed by atoms with E-state index in [0.717, 1.165) is 43.5 Å². The number of benzene rings is 2. The van der Waals surface area contributed by atoms with E-state index in [9.17, 15) is 9.59 Å². The van der Waals surface area contributed by atoms with E-state index in [1.807, 2.05) is 30.3 Å². The Balaban J connectivity index is 1.45. The highest BCUT2D eigenvalue weighted by atomic mass is 35.5. The van der Waals surface area contributed by atoms with Crippen molar-refractivity contribution >= 4 is 41.1 Å². The van der Waals surface area contributed by atoms with Crippen LogP contribution in [0.3, 0.4) is 0 Å². The molecule has 27 heavy (non-hydrogen) atoms. The first-order valence-corrected chi connectivity index (χ1v) is 9.84. The van der Waals surface area contributed by atoms with Crippen molar-refractivity contribution in [2.24, 2.45) is 5.92 Å². The van der Waals surface area contributed by atoms with Gasteiger partial charge in [0.15, 0.2) is 0 Å². The topological polar surface area (TPSA) is 49.4 Å². The normalized spacial score (nSPS) is 14.8. The summed E-state index contributed by atoms with van der Waals surface area (Å²) in [4.78, 5) is 25.4. The molecule has 0 atom stereocenters. The molecular formula is C21H22Cl2N2O2. The minimum Gasteiger partial charge on any atom is -0.371 e. The van der Waals surface area contributed by atoms with Crippen LogP contribution in [0.2, 0.25) is 10.0 Å². The van der Waals surface area contributed by atoms with Crippen molar-refractivity contribution in [1.29, 1.82) is 0 Å². The number of aldehydes is 1. The molecule has 1 heterocycles. The molecule has 3 rings (SSSR count). The summed E-state index contributed by atoms with van der Waals surface area (Å²) < 4.78 is 0. The Morgan fingerprint density at radius 3 is 2.48 bits per heavy atom. The molecule has 1 saturated heterocycles. The number of carbonyl (C=O) groups excluding carboxylic acids is 2. The molecule has 1 fully saturated rings. The second kappa shape index (κ2) is 9.25. The van der Waals surface area contributed by atoms with E-state index in [1.54, 1.807) is 12.1 Å². The molecule has 142 valence electrons. The maximum absolute atomic E-state index is 12.4. The summed E-state index contributed by atoms with van der Waals surface area (Å²) in [6, 6.07) is 12.9. The highest BCUT2D eigenvalue weighted by Gasteiger charge is 2.24. The first kappa shape index (κ1) is 19.7. The summed E-state index contributed by atoms with van der Waals surface area (Å²) in [7, 11) is 0. The molecule has 2 aromatic rings. The van der Waals surface area contributed by atoms with Gasteiger partial charge in [0.1, 0.15) is 6.29 Å². The highest BCUT2D eigenvalue weighted by molar-refractivity contribution is 6.33. The van der Waals surface area contributed by atoms with Crippen LogP contribution in [0.15, 0.2) is 42.5 Å². The molecule has 0 bridgehead atoms. The largest absolute Gasteiger partial charge is 0.371 e. The molecule has 1 aliphatic heterocycles. The molecule has 0 spiro atoms. The molecule has 6 heteroatoms. The smallest absolute Gasteiger partial charge is 0.223 e. The van der Waals surface area contributed by atoms with Gasteiger partial charge in [0.2, 0.25) is 5.91 Å². The van der Waals surface area contributed by atoms with Crippen molar-refractivity contribution in [2.75, 3.05) is 24.5 Å². The zero-order valence-electron chi connectivity index (χ0n) is 15.0. The van der Waals surface area contributed by atoms with Gasteiger partial charge < -0.3 is 10.2 Å². The number of halogens is 2.